The van der Waals surface area contributed by atoms with Crippen molar-refractivity contribution in [2.24, 2.45) is 0 Å². The normalized spacial score (nSPS) is 14.2. The van der Waals surface area contributed by atoms with Gasteiger partial charge in [0, 0.05) is 0 Å². The number of hydrogen-bond donors (Lipinski definition) is 5. The largest absolute Gasteiger partial charge is 0.394 e. The summed E-state index contributed by atoms with van der Waals surface area (Å²) in [5.41, 5.74) is 0. The van der Waals surface area contributed by atoms with Crippen LogP contribution in [0.1, 0.15) is 258 Å². The number of amides is 1. The third-order valence-electron chi connectivity index (χ3n) is 11.8. The van der Waals surface area contributed by atoms with E-state index >= 15 is 0 Å². The topological polar surface area (TPSA) is 110 Å². The van der Waals surface area contributed by atoms with Gasteiger partial charge in [0.05, 0.1) is 18.8 Å². The van der Waals surface area contributed by atoms with Crippen molar-refractivity contribution in [1.29, 1.82) is 0 Å². The lowest BCUT2D eigenvalue weighted by Crippen LogP contribution is -2.53. The Morgan fingerprint density at radius 1 is 0.448 bits per heavy atom. The number of hydrogen-bond acceptors (Lipinski definition) is 5. The van der Waals surface area contributed by atoms with Crippen molar-refractivity contribution in [3.63, 3.8) is 0 Å². The van der Waals surface area contributed by atoms with Gasteiger partial charge in [-0.25, -0.2) is 0 Å². The third kappa shape index (κ3) is 40.0. The van der Waals surface area contributed by atoms with E-state index in [0.29, 0.717) is 12.8 Å². The molecule has 0 heterocycles. The predicted molar refractivity (Wildman–Crippen MR) is 251 cm³/mol. The number of unbranched alkanes of at least 4 members (excludes halogenated alkanes) is 31. The monoisotopic (exact) mass is 818 g/mol. The van der Waals surface area contributed by atoms with Gasteiger partial charge in [0.15, 0.2) is 0 Å². The molecule has 6 heteroatoms. The molecule has 0 radical (unpaired) electrons. The first-order chi connectivity index (χ1) is 28.5. The van der Waals surface area contributed by atoms with Crippen LogP contribution in [0, 0.1) is 0 Å². The molecule has 0 saturated carbocycles. The first kappa shape index (κ1) is 56.5. The molecule has 58 heavy (non-hydrogen) atoms. The molecule has 0 aliphatic carbocycles. The summed E-state index contributed by atoms with van der Waals surface area (Å²) in [7, 11) is 0. The molecule has 0 aromatic rings. The molecule has 4 atom stereocenters. The summed E-state index contributed by atoms with van der Waals surface area (Å²) in [5.74, 6) is -0.593. The molecule has 0 saturated heterocycles. The van der Waals surface area contributed by atoms with Crippen LogP contribution in [0.15, 0.2) is 36.5 Å². The highest BCUT2D eigenvalue weighted by Crippen LogP contribution is 2.17. The van der Waals surface area contributed by atoms with Gasteiger partial charge in [-0.2, -0.15) is 0 Å². The van der Waals surface area contributed by atoms with Gasteiger partial charge in [-0.05, 0) is 64.2 Å². The summed E-state index contributed by atoms with van der Waals surface area (Å²) in [4.78, 5) is 12.6. The fraction of sp³-hybridized carbons (Fsp3) is 0.865. The van der Waals surface area contributed by atoms with Gasteiger partial charge in [-0.3, -0.25) is 4.79 Å². The van der Waals surface area contributed by atoms with Crippen molar-refractivity contribution in [2.75, 3.05) is 6.61 Å². The molecule has 342 valence electrons. The van der Waals surface area contributed by atoms with Crippen LogP contribution < -0.4 is 5.32 Å². The van der Waals surface area contributed by atoms with Crippen LogP contribution in [0.4, 0.5) is 0 Å². The van der Waals surface area contributed by atoms with E-state index < -0.39 is 36.9 Å². The van der Waals surface area contributed by atoms with Gasteiger partial charge >= 0.3 is 0 Å². The lowest BCUT2D eigenvalue weighted by Gasteiger charge is -2.27. The van der Waals surface area contributed by atoms with E-state index in [1.54, 1.807) is 0 Å². The number of aliphatic hydroxyl groups is 4. The molecule has 0 bridgehead atoms. The highest BCUT2D eigenvalue weighted by Gasteiger charge is 2.28. The van der Waals surface area contributed by atoms with Crippen LogP contribution in [0.2, 0.25) is 0 Å². The zero-order valence-electron chi connectivity index (χ0n) is 38.5. The Morgan fingerprint density at radius 3 is 1.22 bits per heavy atom. The Balaban J connectivity index is 3.69. The molecule has 0 aromatic carbocycles. The number of aliphatic hydroxyl groups excluding tert-OH is 4. The average Bonchev–Trinajstić information content (AvgIpc) is 3.23. The molecule has 0 aliphatic heterocycles. The Bertz CT molecular complexity index is 919. The van der Waals surface area contributed by atoms with Crippen molar-refractivity contribution in [3.05, 3.63) is 36.5 Å². The van der Waals surface area contributed by atoms with E-state index in [2.05, 4.69) is 55.6 Å². The van der Waals surface area contributed by atoms with Crippen molar-refractivity contribution in [3.8, 4) is 0 Å². The maximum Gasteiger partial charge on any atom is 0.249 e. The summed E-state index contributed by atoms with van der Waals surface area (Å²) >= 11 is 0. The molecule has 0 spiro atoms. The SMILES string of the molecule is CC/C=C\C/C=C\CCCCCCCCCCCCCCCC(O)C(=O)NC(CO)C(O)C(O)CCC/C=C/CCCCCCCCCCCCCCCCCCC. The van der Waals surface area contributed by atoms with Crippen LogP contribution in [0.3, 0.4) is 0 Å². The summed E-state index contributed by atoms with van der Waals surface area (Å²) in [5, 5.41) is 43.9. The molecule has 0 fully saturated rings. The average molecular weight is 818 g/mol. The minimum absolute atomic E-state index is 0.362. The van der Waals surface area contributed by atoms with Crippen molar-refractivity contribution in [2.45, 2.75) is 282 Å². The summed E-state index contributed by atoms with van der Waals surface area (Å²) in [6.45, 7) is 3.96. The van der Waals surface area contributed by atoms with E-state index in [-0.39, 0.29) is 0 Å². The lowest BCUT2D eigenvalue weighted by molar-refractivity contribution is -0.132. The van der Waals surface area contributed by atoms with E-state index in [1.807, 2.05) is 0 Å². The standard InChI is InChI=1S/C52H99NO5/c1-3-5-7-9-11-13-15-17-19-21-23-25-26-28-29-31-33-35-37-39-41-43-45-49(55)51(57)48(47-54)53-52(58)50(56)46-44-42-40-38-36-34-32-30-27-24-22-20-18-16-14-12-10-8-6-4-2/h6,8,12,14,37,39,48-51,54-57H,3-5,7,9-11,13,15-36,38,40-47H2,1-2H3,(H,53,58)/b8-6-,14-12-,39-37+. The zero-order chi connectivity index (χ0) is 42.4. The summed E-state index contributed by atoms with van der Waals surface area (Å²) in [6, 6.07) is -1.00. The Kier molecular flexibility index (Phi) is 45.4. The first-order valence-electron chi connectivity index (χ1n) is 25.4. The van der Waals surface area contributed by atoms with Gasteiger partial charge in [0.1, 0.15) is 12.2 Å². The van der Waals surface area contributed by atoms with E-state index in [9.17, 15) is 25.2 Å². The van der Waals surface area contributed by atoms with E-state index in [4.69, 9.17) is 0 Å². The van der Waals surface area contributed by atoms with Gasteiger partial charge in [-0.15, -0.1) is 0 Å². The van der Waals surface area contributed by atoms with Crippen molar-refractivity contribution in [1.82, 2.24) is 5.32 Å². The van der Waals surface area contributed by atoms with Crippen LogP contribution in [-0.2, 0) is 4.79 Å². The van der Waals surface area contributed by atoms with Crippen molar-refractivity contribution >= 4 is 5.91 Å². The number of nitrogens with one attached hydrogen (secondary N) is 1. The number of allylic oxidation sites excluding steroid dienone is 6. The number of carbonyl (C=O) groups is 1. The number of rotatable bonds is 46. The maximum atomic E-state index is 12.6. The molecule has 4 unspecified atom stereocenters. The van der Waals surface area contributed by atoms with E-state index in [1.165, 1.54) is 180 Å². The molecule has 1 amide bonds. The van der Waals surface area contributed by atoms with Crippen molar-refractivity contribution < 1.29 is 25.2 Å². The third-order valence-corrected chi connectivity index (χ3v) is 11.8. The van der Waals surface area contributed by atoms with Gasteiger partial charge in [0.2, 0.25) is 5.91 Å². The zero-order valence-corrected chi connectivity index (χ0v) is 38.5. The van der Waals surface area contributed by atoms with E-state index in [0.717, 1.165) is 51.4 Å². The summed E-state index contributed by atoms with van der Waals surface area (Å²) in [6.07, 6.45) is 56.2. The second-order valence-corrected chi connectivity index (χ2v) is 17.5. The molecular formula is C52H99NO5. The highest BCUT2D eigenvalue weighted by molar-refractivity contribution is 5.80. The molecular weight excluding hydrogens is 719 g/mol. The predicted octanol–water partition coefficient (Wildman–Crippen LogP) is 14.1. The minimum Gasteiger partial charge on any atom is -0.394 e. The number of carbonyl (C=O) groups excluding carboxylic acids is 1. The van der Waals surface area contributed by atoms with Gasteiger partial charge < -0.3 is 25.7 Å². The van der Waals surface area contributed by atoms with Gasteiger partial charge in [0.25, 0.3) is 0 Å². The van der Waals surface area contributed by atoms with Crippen LogP contribution in [0.25, 0.3) is 0 Å². The fourth-order valence-corrected chi connectivity index (χ4v) is 7.86. The molecule has 0 aromatic heterocycles. The quantitative estimate of drug-likeness (QED) is 0.0310. The molecule has 0 rings (SSSR count). The minimum atomic E-state index is -1.28. The molecule has 6 nitrogen and oxygen atoms in total. The first-order valence-corrected chi connectivity index (χ1v) is 25.4. The molecule has 0 aliphatic rings. The fourth-order valence-electron chi connectivity index (χ4n) is 7.86. The summed E-state index contributed by atoms with van der Waals surface area (Å²) < 4.78 is 0. The second-order valence-electron chi connectivity index (χ2n) is 17.5. The lowest BCUT2D eigenvalue weighted by atomic mass is 10.00. The van der Waals surface area contributed by atoms with Gasteiger partial charge in [-0.1, -0.05) is 230 Å². The Morgan fingerprint density at radius 2 is 0.810 bits per heavy atom. The maximum absolute atomic E-state index is 12.6. The highest BCUT2D eigenvalue weighted by atomic mass is 16.3. The smallest absolute Gasteiger partial charge is 0.249 e. The Hall–Kier alpha value is -1.47. The van der Waals surface area contributed by atoms with Crippen LogP contribution >= 0.6 is 0 Å². The molecule has 5 N–H and O–H groups in total. The Labute approximate surface area is 360 Å². The van der Waals surface area contributed by atoms with Crippen LogP contribution in [-0.4, -0.2) is 57.3 Å². The second kappa shape index (κ2) is 46.6. The van der Waals surface area contributed by atoms with Crippen LogP contribution in [0.5, 0.6) is 0 Å².